The van der Waals surface area contributed by atoms with Crippen molar-refractivity contribution < 1.29 is 23.0 Å². The van der Waals surface area contributed by atoms with E-state index >= 15 is 4.39 Å². The van der Waals surface area contributed by atoms with E-state index in [4.69, 9.17) is 14.2 Å². The van der Waals surface area contributed by atoms with E-state index in [0.717, 1.165) is 42.9 Å². The Morgan fingerprint density at radius 2 is 1.70 bits per heavy atom. The summed E-state index contributed by atoms with van der Waals surface area (Å²) in [7, 11) is 0. The Hall–Kier alpha value is -4.10. The molecule has 0 aromatic heterocycles. The Bertz CT molecular complexity index is 1440. The summed E-state index contributed by atoms with van der Waals surface area (Å²) in [6.07, 6.45) is 1.09. The molecule has 0 bridgehead atoms. The highest BCUT2D eigenvalue weighted by molar-refractivity contribution is 5.73. The average molecular weight is 543 g/mol. The number of fused-ring (bicyclic) bond motifs is 1. The molecule has 2 heterocycles. The maximum atomic E-state index is 15.4. The number of hydrogen-bond donors (Lipinski definition) is 0. The van der Waals surface area contributed by atoms with Crippen LogP contribution in [0.15, 0.2) is 91.0 Å². The molecule has 0 radical (unpaired) electrons. The highest BCUT2D eigenvalue weighted by Crippen LogP contribution is 2.46. The first kappa shape index (κ1) is 26.1. The summed E-state index contributed by atoms with van der Waals surface area (Å²) >= 11 is 0. The Morgan fingerprint density at radius 3 is 2.45 bits per heavy atom. The molecule has 0 amide bonds. The zero-order valence-electron chi connectivity index (χ0n) is 22.4. The van der Waals surface area contributed by atoms with Crippen LogP contribution in [0, 0.1) is 11.6 Å². The van der Waals surface area contributed by atoms with Gasteiger partial charge < -0.3 is 19.1 Å². The van der Waals surface area contributed by atoms with Gasteiger partial charge in [0.2, 0.25) is 0 Å². The first-order chi connectivity index (χ1) is 19.6. The first-order valence-corrected chi connectivity index (χ1v) is 13.7. The van der Waals surface area contributed by atoms with Crippen LogP contribution in [0.5, 0.6) is 17.2 Å². The number of benzene rings is 4. The monoisotopic (exact) mass is 542 g/mol. The van der Waals surface area contributed by atoms with Crippen LogP contribution >= 0.6 is 0 Å². The van der Waals surface area contributed by atoms with Crippen LogP contribution in [-0.4, -0.2) is 37.2 Å². The smallest absolute Gasteiger partial charge is 0.167 e. The van der Waals surface area contributed by atoms with Crippen molar-refractivity contribution in [2.24, 2.45) is 0 Å². The summed E-state index contributed by atoms with van der Waals surface area (Å²) in [6.45, 7) is 5.54. The van der Waals surface area contributed by atoms with Gasteiger partial charge in [-0.05, 0) is 60.5 Å². The molecule has 0 aliphatic carbocycles. The van der Waals surface area contributed by atoms with E-state index in [0.29, 0.717) is 30.4 Å². The Labute approximate surface area is 233 Å². The van der Waals surface area contributed by atoms with Crippen molar-refractivity contribution in [3.63, 3.8) is 0 Å². The third kappa shape index (κ3) is 5.61. The van der Waals surface area contributed by atoms with Crippen molar-refractivity contribution in [3.05, 3.63) is 114 Å². The standard InChI is InChI=1S/C33H32F2N2O3/c1-2-16-36-19-28(20-36)40-32-15-12-26(17-29(32)35)37-30-14-13-27(38-21-23-6-4-3-5-7-23)18-33(30)39-22-31(37)24-8-10-25(34)11-9-24/h3-15,17-18,28,31H,2,16,19-22H2,1H3. The molecule has 4 aromatic rings. The normalized spacial score (nSPS) is 17.1. The van der Waals surface area contributed by atoms with E-state index in [1.54, 1.807) is 18.2 Å². The van der Waals surface area contributed by atoms with Gasteiger partial charge in [-0.1, -0.05) is 49.4 Å². The highest BCUT2D eigenvalue weighted by Gasteiger charge is 2.32. The van der Waals surface area contributed by atoms with Crippen LogP contribution in [0.2, 0.25) is 0 Å². The van der Waals surface area contributed by atoms with E-state index in [2.05, 4.69) is 11.8 Å². The summed E-state index contributed by atoms with van der Waals surface area (Å²) in [4.78, 5) is 4.33. The van der Waals surface area contributed by atoms with Gasteiger partial charge in [-0.3, -0.25) is 4.90 Å². The van der Waals surface area contributed by atoms with Crippen LogP contribution in [0.25, 0.3) is 0 Å². The van der Waals surface area contributed by atoms with E-state index in [9.17, 15) is 4.39 Å². The van der Waals surface area contributed by atoms with Crippen LogP contribution in [0.3, 0.4) is 0 Å². The number of halogens is 2. The molecule has 0 spiro atoms. The summed E-state index contributed by atoms with van der Waals surface area (Å²) in [5.74, 6) is 0.834. The molecule has 7 heteroatoms. The number of likely N-dealkylation sites (tertiary alicyclic amines) is 1. The van der Waals surface area contributed by atoms with Crippen LogP contribution in [0.4, 0.5) is 20.2 Å². The predicted molar refractivity (Wildman–Crippen MR) is 152 cm³/mol. The lowest BCUT2D eigenvalue weighted by atomic mass is 10.0. The van der Waals surface area contributed by atoms with Gasteiger partial charge in [0.1, 0.15) is 36.6 Å². The summed E-state index contributed by atoms with van der Waals surface area (Å²) < 4.78 is 47.3. The molecule has 1 unspecified atom stereocenters. The minimum atomic E-state index is -0.417. The van der Waals surface area contributed by atoms with Crippen molar-refractivity contribution in [1.29, 1.82) is 0 Å². The van der Waals surface area contributed by atoms with Gasteiger partial charge in [-0.2, -0.15) is 0 Å². The Morgan fingerprint density at radius 1 is 0.900 bits per heavy atom. The van der Waals surface area contributed by atoms with E-state index in [1.807, 2.05) is 59.5 Å². The van der Waals surface area contributed by atoms with Gasteiger partial charge in [0.25, 0.3) is 0 Å². The first-order valence-electron chi connectivity index (χ1n) is 13.7. The van der Waals surface area contributed by atoms with E-state index in [1.165, 1.54) is 18.2 Å². The molecule has 206 valence electrons. The van der Waals surface area contributed by atoms with Gasteiger partial charge in [0, 0.05) is 30.9 Å². The fourth-order valence-corrected chi connectivity index (χ4v) is 5.31. The van der Waals surface area contributed by atoms with Crippen molar-refractivity contribution in [2.45, 2.75) is 32.1 Å². The van der Waals surface area contributed by atoms with E-state index in [-0.39, 0.29) is 23.7 Å². The quantitative estimate of drug-likeness (QED) is 0.222. The molecular weight excluding hydrogens is 510 g/mol. The van der Waals surface area contributed by atoms with Crippen molar-refractivity contribution in [1.82, 2.24) is 4.90 Å². The second-order valence-corrected chi connectivity index (χ2v) is 10.3. The minimum absolute atomic E-state index is 0.00252. The topological polar surface area (TPSA) is 34.2 Å². The van der Waals surface area contributed by atoms with Crippen molar-refractivity contribution >= 4 is 11.4 Å². The molecule has 5 nitrogen and oxygen atoms in total. The van der Waals surface area contributed by atoms with Crippen LogP contribution in [0.1, 0.15) is 30.5 Å². The molecule has 0 saturated carbocycles. The molecule has 40 heavy (non-hydrogen) atoms. The van der Waals surface area contributed by atoms with Gasteiger partial charge in [0.05, 0.1) is 11.7 Å². The molecule has 0 N–H and O–H groups in total. The van der Waals surface area contributed by atoms with Gasteiger partial charge in [0.15, 0.2) is 11.6 Å². The zero-order chi connectivity index (χ0) is 27.5. The molecular formula is C33H32F2N2O3. The minimum Gasteiger partial charge on any atom is -0.489 e. The Balaban J connectivity index is 1.27. The summed E-state index contributed by atoms with van der Waals surface area (Å²) in [5.41, 5.74) is 3.36. The predicted octanol–water partition coefficient (Wildman–Crippen LogP) is 7.29. The van der Waals surface area contributed by atoms with Crippen LogP contribution < -0.4 is 19.1 Å². The van der Waals surface area contributed by atoms with Gasteiger partial charge in [-0.15, -0.1) is 0 Å². The lowest BCUT2D eigenvalue weighted by Gasteiger charge is -2.40. The summed E-state index contributed by atoms with van der Waals surface area (Å²) in [6, 6.07) is 26.7. The third-order valence-corrected chi connectivity index (χ3v) is 7.35. The lowest BCUT2D eigenvalue weighted by Crippen LogP contribution is -2.53. The maximum absolute atomic E-state index is 15.4. The van der Waals surface area contributed by atoms with Crippen molar-refractivity contribution in [3.8, 4) is 17.2 Å². The van der Waals surface area contributed by atoms with Crippen LogP contribution in [-0.2, 0) is 6.61 Å². The second-order valence-electron chi connectivity index (χ2n) is 10.3. The molecule has 6 rings (SSSR count). The number of rotatable bonds is 9. The van der Waals surface area contributed by atoms with E-state index < -0.39 is 5.82 Å². The molecule has 1 fully saturated rings. The second kappa shape index (κ2) is 11.6. The molecule has 2 aliphatic heterocycles. The van der Waals surface area contributed by atoms with Gasteiger partial charge in [-0.25, -0.2) is 8.78 Å². The Kier molecular flexibility index (Phi) is 7.55. The molecule has 1 saturated heterocycles. The fourth-order valence-electron chi connectivity index (χ4n) is 5.31. The summed E-state index contributed by atoms with van der Waals surface area (Å²) in [5, 5.41) is 0. The van der Waals surface area contributed by atoms with Gasteiger partial charge >= 0.3 is 0 Å². The average Bonchev–Trinajstić information content (AvgIpc) is 2.96. The SMILES string of the molecule is CCCN1CC(Oc2ccc(N3c4ccc(OCc5ccccc5)cc4OCC3c3ccc(F)cc3)cc2F)C1. The highest BCUT2D eigenvalue weighted by atomic mass is 19.1. The molecule has 4 aromatic carbocycles. The maximum Gasteiger partial charge on any atom is 0.167 e. The molecule has 1 atom stereocenters. The number of anilines is 2. The largest absolute Gasteiger partial charge is 0.489 e. The van der Waals surface area contributed by atoms with Crippen molar-refractivity contribution in [2.75, 3.05) is 31.1 Å². The molecule has 2 aliphatic rings. The zero-order valence-corrected chi connectivity index (χ0v) is 22.4. The number of nitrogens with zero attached hydrogens (tertiary/aromatic N) is 2. The lowest BCUT2D eigenvalue weighted by molar-refractivity contribution is 0.0179. The number of hydrogen-bond acceptors (Lipinski definition) is 5. The fraction of sp³-hybridized carbons (Fsp3) is 0.273. The third-order valence-electron chi connectivity index (χ3n) is 7.35. The number of ether oxygens (including phenoxy) is 3.